The van der Waals surface area contributed by atoms with Crippen LogP contribution in [0.1, 0.15) is 39.7 Å². The van der Waals surface area contributed by atoms with Crippen LogP contribution in [0.4, 0.5) is 0 Å². The Morgan fingerprint density at radius 1 is 0.700 bits per heavy atom. The predicted molar refractivity (Wildman–Crippen MR) is 129 cm³/mol. The highest BCUT2D eigenvalue weighted by Crippen LogP contribution is 2.26. The van der Waals surface area contributed by atoms with Gasteiger partial charge in [-0.25, -0.2) is 0 Å². The number of aliphatic hydroxyl groups excluding tert-OH is 1. The van der Waals surface area contributed by atoms with Crippen molar-refractivity contribution in [1.29, 1.82) is 0 Å². The number of rotatable bonds is 3. The third kappa shape index (κ3) is 7.13. The van der Waals surface area contributed by atoms with Gasteiger partial charge >= 0.3 is 0 Å². The summed E-state index contributed by atoms with van der Waals surface area (Å²) < 4.78 is 0. The van der Waals surface area contributed by atoms with Crippen LogP contribution in [-0.4, -0.2) is 17.5 Å². The lowest BCUT2D eigenvalue weighted by Crippen LogP contribution is -2.18. The Kier molecular flexibility index (Phi) is 8.76. The fourth-order valence-corrected chi connectivity index (χ4v) is 3.20. The normalized spacial score (nSPS) is 10.6. The first-order valence-electron chi connectivity index (χ1n) is 10.3. The molecule has 156 valence electrons. The summed E-state index contributed by atoms with van der Waals surface area (Å²) in [5.41, 5.74) is 1.38. The fraction of sp³-hybridized carbons (Fsp3) is 0.250. The van der Waals surface area contributed by atoms with Gasteiger partial charge in [0, 0.05) is 6.61 Å². The lowest BCUT2D eigenvalue weighted by molar-refractivity contribution is -0.114. The van der Waals surface area contributed by atoms with E-state index in [1.165, 1.54) is 41.0 Å². The number of ketones is 1. The molecule has 0 amide bonds. The summed E-state index contributed by atoms with van der Waals surface area (Å²) in [6.45, 7) is 7.61. The van der Waals surface area contributed by atoms with Crippen molar-refractivity contribution >= 4 is 27.3 Å². The summed E-state index contributed by atoms with van der Waals surface area (Å²) in [7, 11) is 0. The molecule has 0 heterocycles. The zero-order valence-electron chi connectivity index (χ0n) is 18.4. The van der Waals surface area contributed by atoms with E-state index >= 15 is 0 Å². The number of benzene rings is 4. The molecule has 0 fully saturated rings. The molecule has 0 spiro atoms. The Morgan fingerprint density at radius 3 is 1.37 bits per heavy atom. The molecule has 30 heavy (non-hydrogen) atoms. The summed E-state index contributed by atoms with van der Waals surface area (Å²) >= 11 is 0. The molecule has 0 atom stereocenters. The maximum absolute atomic E-state index is 9.44. The van der Waals surface area contributed by atoms with Gasteiger partial charge in [0.2, 0.25) is 0 Å². The molecule has 0 radical (unpaired) electrons. The average Bonchev–Trinajstić information content (AvgIpc) is 2.73. The Hall–Kier alpha value is -2.97. The molecule has 4 aromatic carbocycles. The minimum atomic E-state index is 0.0933. The second-order valence-electron chi connectivity index (χ2n) is 8.18. The summed E-state index contributed by atoms with van der Waals surface area (Å²) in [6.07, 6.45) is 0.816. The Labute approximate surface area is 180 Å². The van der Waals surface area contributed by atoms with Gasteiger partial charge in [-0.1, -0.05) is 92.7 Å². The van der Waals surface area contributed by atoms with Crippen LogP contribution in [0.15, 0.2) is 91.0 Å². The number of carbonyl (C=O) groups is 1. The molecule has 0 aromatic heterocycles. The largest absolute Gasteiger partial charge is 0.396 e. The lowest BCUT2D eigenvalue weighted by atomic mass is 9.82. The van der Waals surface area contributed by atoms with Crippen molar-refractivity contribution in [3.05, 3.63) is 96.6 Å². The van der Waals surface area contributed by atoms with Gasteiger partial charge in [0.05, 0.1) is 0 Å². The highest BCUT2D eigenvalue weighted by Gasteiger charge is 2.18. The molecule has 0 saturated heterocycles. The van der Waals surface area contributed by atoms with Gasteiger partial charge < -0.3 is 9.90 Å². The van der Waals surface area contributed by atoms with Gasteiger partial charge in [-0.05, 0) is 64.9 Å². The third-order valence-electron chi connectivity index (χ3n) is 4.91. The van der Waals surface area contributed by atoms with Crippen molar-refractivity contribution < 1.29 is 9.90 Å². The van der Waals surface area contributed by atoms with E-state index in [2.05, 4.69) is 86.6 Å². The molecule has 0 saturated carbocycles. The number of carbonyl (C=O) groups excluding carboxylic acids is 1. The van der Waals surface area contributed by atoms with Gasteiger partial charge in [0.1, 0.15) is 5.78 Å². The number of hydrogen-bond acceptors (Lipinski definition) is 2. The van der Waals surface area contributed by atoms with E-state index < -0.39 is 0 Å². The zero-order chi connectivity index (χ0) is 22.0. The Balaban J connectivity index is 0.000000184. The van der Waals surface area contributed by atoms with E-state index in [0.29, 0.717) is 0 Å². The number of fused-ring (bicyclic) bond motifs is 2. The Morgan fingerprint density at radius 2 is 1.03 bits per heavy atom. The molecule has 0 aliphatic carbocycles. The standard InChI is InChI=1S/C14H10.C11H16O.C3H6O/c1-2-6-12-10-14-8-4-3-7-13(14)9-11(12)5-1;1-11(2,8-9-12)10-6-4-3-5-7-10;1-3(2)4/h1-10H;3-7,12H,8-9H2,1-2H3;1-2H3. The van der Waals surface area contributed by atoms with E-state index in [1.807, 2.05) is 18.2 Å². The molecular weight excluding hydrogens is 368 g/mol. The van der Waals surface area contributed by atoms with Gasteiger partial charge in [0.25, 0.3) is 0 Å². The molecule has 4 rings (SSSR count). The minimum Gasteiger partial charge on any atom is -0.396 e. The van der Waals surface area contributed by atoms with Crippen LogP contribution in [0, 0.1) is 0 Å². The van der Waals surface area contributed by atoms with E-state index in [0.717, 1.165) is 6.42 Å². The Bertz CT molecular complexity index is 956. The van der Waals surface area contributed by atoms with Crippen molar-refractivity contribution in [2.24, 2.45) is 0 Å². The van der Waals surface area contributed by atoms with Crippen LogP contribution >= 0.6 is 0 Å². The second kappa shape index (κ2) is 11.3. The van der Waals surface area contributed by atoms with E-state index in [4.69, 9.17) is 5.11 Å². The van der Waals surface area contributed by atoms with Crippen molar-refractivity contribution in [3.63, 3.8) is 0 Å². The third-order valence-corrected chi connectivity index (χ3v) is 4.91. The van der Waals surface area contributed by atoms with Crippen molar-refractivity contribution in [2.75, 3.05) is 6.61 Å². The first-order valence-corrected chi connectivity index (χ1v) is 10.3. The highest BCUT2D eigenvalue weighted by atomic mass is 16.3. The molecule has 2 nitrogen and oxygen atoms in total. The van der Waals surface area contributed by atoms with Gasteiger partial charge in [-0.2, -0.15) is 0 Å². The van der Waals surface area contributed by atoms with E-state index in [1.54, 1.807) is 0 Å². The first kappa shape index (κ1) is 23.3. The van der Waals surface area contributed by atoms with Crippen LogP contribution in [0.5, 0.6) is 0 Å². The monoisotopic (exact) mass is 400 g/mol. The maximum atomic E-state index is 9.44. The predicted octanol–water partition coefficient (Wildman–Crippen LogP) is 6.93. The maximum Gasteiger partial charge on any atom is 0.126 e. The smallest absolute Gasteiger partial charge is 0.126 e. The fourth-order valence-electron chi connectivity index (χ4n) is 3.20. The molecule has 0 aliphatic rings. The molecule has 1 N–H and O–H groups in total. The van der Waals surface area contributed by atoms with E-state index in [9.17, 15) is 4.79 Å². The van der Waals surface area contributed by atoms with Crippen LogP contribution in [0.25, 0.3) is 21.5 Å². The zero-order valence-corrected chi connectivity index (χ0v) is 18.4. The van der Waals surface area contributed by atoms with Crippen LogP contribution in [-0.2, 0) is 10.2 Å². The number of hydrogen-bond donors (Lipinski definition) is 1. The highest BCUT2D eigenvalue weighted by molar-refractivity contribution is 5.98. The molecule has 0 unspecified atom stereocenters. The van der Waals surface area contributed by atoms with Gasteiger partial charge in [-0.15, -0.1) is 0 Å². The van der Waals surface area contributed by atoms with Crippen molar-refractivity contribution in [3.8, 4) is 0 Å². The molecule has 0 bridgehead atoms. The molecule has 0 aliphatic heterocycles. The number of Topliss-reactive ketones (excluding diaryl/α,β-unsaturated/α-hetero) is 1. The first-order chi connectivity index (χ1) is 14.3. The van der Waals surface area contributed by atoms with Crippen LogP contribution in [0.3, 0.4) is 0 Å². The SMILES string of the molecule is CC(C)(CCO)c1ccccc1.CC(C)=O.c1ccc2cc3ccccc3cc2c1. The molecule has 4 aromatic rings. The molecular formula is C28H32O2. The number of aliphatic hydroxyl groups is 1. The molecule has 2 heteroatoms. The summed E-state index contributed by atoms with van der Waals surface area (Å²) in [4.78, 5) is 9.44. The average molecular weight is 401 g/mol. The minimum absolute atomic E-state index is 0.0933. The van der Waals surface area contributed by atoms with Crippen LogP contribution in [0.2, 0.25) is 0 Å². The van der Waals surface area contributed by atoms with Crippen molar-refractivity contribution in [1.82, 2.24) is 0 Å². The van der Waals surface area contributed by atoms with Gasteiger partial charge in [-0.3, -0.25) is 0 Å². The van der Waals surface area contributed by atoms with Gasteiger partial charge in [0.15, 0.2) is 0 Å². The summed E-state index contributed by atoms with van der Waals surface area (Å²) in [6, 6.07) is 31.7. The summed E-state index contributed by atoms with van der Waals surface area (Å²) in [5.74, 6) is 0.167. The summed E-state index contributed by atoms with van der Waals surface area (Å²) in [5, 5.41) is 14.1. The second-order valence-corrected chi connectivity index (χ2v) is 8.18. The van der Waals surface area contributed by atoms with Crippen LogP contribution < -0.4 is 0 Å². The van der Waals surface area contributed by atoms with Crippen molar-refractivity contribution in [2.45, 2.75) is 39.5 Å². The topological polar surface area (TPSA) is 37.3 Å². The quantitative estimate of drug-likeness (QED) is 0.378. The lowest BCUT2D eigenvalue weighted by Gasteiger charge is -2.23. The van der Waals surface area contributed by atoms with E-state index in [-0.39, 0.29) is 17.8 Å².